The molecule has 0 radical (unpaired) electrons. The van der Waals surface area contributed by atoms with Crippen LogP contribution in [0.1, 0.15) is 36.7 Å². The van der Waals surface area contributed by atoms with Crippen molar-refractivity contribution in [3.05, 3.63) is 98.0 Å². The van der Waals surface area contributed by atoms with Gasteiger partial charge in [0.15, 0.2) is 5.82 Å². The number of pyridine rings is 1. The topological polar surface area (TPSA) is 78.0 Å². The van der Waals surface area contributed by atoms with Gasteiger partial charge in [-0.05, 0) is 61.4 Å². The van der Waals surface area contributed by atoms with E-state index in [1.165, 1.54) is 4.57 Å². The van der Waals surface area contributed by atoms with Crippen molar-refractivity contribution in [2.75, 3.05) is 18.0 Å². The van der Waals surface area contributed by atoms with E-state index in [1.807, 2.05) is 24.3 Å². The van der Waals surface area contributed by atoms with Gasteiger partial charge in [-0.1, -0.05) is 47.5 Å². The number of rotatable bonds is 4. The van der Waals surface area contributed by atoms with Crippen LogP contribution in [0.15, 0.2) is 65.5 Å². The lowest BCUT2D eigenvalue weighted by atomic mass is 9.93. The molecule has 4 aromatic rings. The summed E-state index contributed by atoms with van der Waals surface area (Å²) in [5.74, 6) is 0.517. The molecular formula is C28H26Cl2N6O. The van der Waals surface area contributed by atoms with Crippen LogP contribution in [0.5, 0.6) is 0 Å². The zero-order chi connectivity index (χ0) is 26.3. The van der Waals surface area contributed by atoms with Crippen LogP contribution in [-0.4, -0.2) is 44.6 Å². The van der Waals surface area contributed by atoms with Gasteiger partial charge in [0.25, 0.3) is 0 Å². The standard InChI is InChI=1S/C28H26Cl2N6O/c1-17-16-36(27-25-24(34(3)28(37)33-27)13-12-23(14-31)32-25)18(2)15-35(17)26(19-4-8-21(29)9-5-19)20-6-10-22(30)11-7-20/h4-13,17-18,26H,15-16H2,1-3H3/t17-,18+/m1/s1. The van der Waals surface area contributed by atoms with Gasteiger partial charge < -0.3 is 4.90 Å². The molecule has 1 aliphatic heterocycles. The number of nitriles is 1. The maximum atomic E-state index is 12.7. The van der Waals surface area contributed by atoms with Gasteiger partial charge in [-0.25, -0.2) is 9.78 Å². The highest BCUT2D eigenvalue weighted by molar-refractivity contribution is 6.30. The van der Waals surface area contributed by atoms with Crippen molar-refractivity contribution in [3.63, 3.8) is 0 Å². The second kappa shape index (κ2) is 10.1. The van der Waals surface area contributed by atoms with Gasteiger partial charge in [0.05, 0.1) is 11.6 Å². The Morgan fingerprint density at radius 3 is 2.05 bits per heavy atom. The number of hydrogen-bond donors (Lipinski definition) is 0. The van der Waals surface area contributed by atoms with E-state index in [9.17, 15) is 10.1 Å². The number of hydrogen-bond acceptors (Lipinski definition) is 6. The van der Waals surface area contributed by atoms with E-state index >= 15 is 0 Å². The van der Waals surface area contributed by atoms with Crippen molar-refractivity contribution < 1.29 is 0 Å². The average molecular weight is 533 g/mol. The zero-order valence-corrected chi connectivity index (χ0v) is 22.3. The van der Waals surface area contributed by atoms with Crippen molar-refractivity contribution in [2.45, 2.75) is 32.0 Å². The van der Waals surface area contributed by atoms with Gasteiger partial charge in [0.2, 0.25) is 0 Å². The van der Waals surface area contributed by atoms with Crippen LogP contribution in [0, 0.1) is 11.3 Å². The van der Waals surface area contributed by atoms with Gasteiger partial charge in [0.1, 0.15) is 17.3 Å². The summed E-state index contributed by atoms with van der Waals surface area (Å²) < 4.78 is 1.47. The summed E-state index contributed by atoms with van der Waals surface area (Å²) in [6.45, 7) is 5.65. The van der Waals surface area contributed by atoms with Crippen molar-refractivity contribution >= 4 is 40.1 Å². The second-order valence-corrected chi connectivity index (χ2v) is 10.4. The summed E-state index contributed by atoms with van der Waals surface area (Å²) in [7, 11) is 1.67. The van der Waals surface area contributed by atoms with Crippen molar-refractivity contribution in [3.8, 4) is 6.07 Å². The minimum absolute atomic E-state index is 0.00852. The summed E-state index contributed by atoms with van der Waals surface area (Å²) in [6, 6.07) is 21.5. The van der Waals surface area contributed by atoms with Gasteiger partial charge in [-0.2, -0.15) is 10.2 Å². The Hall–Kier alpha value is -3.44. The van der Waals surface area contributed by atoms with Gasteiger partial charge in [-0.3, -0.25) is 9.47 Å². The predicted octanol–water partition coefficient (Wildman–Crippen LogP) is 5.20. The summed E-state index contributed by atoms with van der Waals surface area (Å²) in [5.41, 5.74) is 3.42. The lowest BCUT2D eigenvalue weighted by molar-refractivity contribution is 0.129. The third-order valence-corrected chi connectivity index (χ3v) is 7.56. The molecule has 0 bridgehead atoms. The zero-order valence-electron chi connectivity index (χ0n) is 20.8. The fourth-order valence-electron chi connectivity index (χ4n) is 5.14. The number of aromatic nitrogens is 3. The summed E-state index contributed by atoms with van der Waals surface area (Å²) in [5, 5.41) is 10.8. The molecule has 0 aliphatic carbocycles. The molecule has 5 rings (SSSR count). The Labute approximate surface area is 225 Å². The minimum atomic E-state index is -0.350. The molecule has 37 heavy (non-hydrogen) atoms. The maximum absolute atomic E-state index is 12.7. The lowest BCUT2D eigenvalue weighted by Gasteiger charge is -2.48. The van der Waals surface area contributed by atoms with Crippen LogP contribution in [0.2, 0.25) is 10.0 Å². The van der Waals surface area contributed by atoms with E-state index < -0.39 is 0 Å². The Bertz CT molecular complexity index is 1500. The third-order valence-electron chi connectivity index (χ3n) is 7.06. The molecule has 0 amide bonds. The molecule has 0 saturated carbocycles. The van der Waals surface area contributed by atoms with E-state index in [0.717, 1.165) is 11.1 Å². The number of aryl methyl sites for hydroxylation is 1. The molecule has 0 N–H and O–H groups in total. The monoisotopic (exact) mass is 532 g/mol. The van der Waals surface area contributed by atoms with Gasteiger partial charge in [0, 0.05) is 42.3 Å². The first kappa shape index (κ1) is 25.2. The SMILES string of the molecule is C[C@@H]1CN(c2nc(=O)n(C)c3ccc(C#N)nc23)[C@@H](C)CN1C(c1ccc(Cl)cc1)c1ccc(Cl)cc1. The molecule has 1 fully saturated rings. The molecule has 2 atom stereocenters. The number of halogens is 2. The third kappa shape index (κ3) is 4.80. The number of fused-ring (bicyclic) bond motifs is 1. The van der Waals surface area contributed by atoms with Crippen LogP contribution in [0.3, 0.4) is 0 Å². The van der Waals surface area contributed by atoms with Crippen LogP contribution < -0.4 is 10.6 Å². The summed E-state index contributed by atoms with van der Waals surface area (Å²) >= 11 is 12.4. The summed E-state index contributed by atoms with van der Waals surface area (Å²) in [6.07, 6.45) is 0. The van der Waals surface area contributed by atoms with Crippen molar-refractivity contribution in [2.24, 2.45) is 7.05 Å². The Balaban J connectivity index is 1.55. The highest BCUT2D eigenvalue weighted by atomic mass is 35.5. The Morgan fingerprint density at radius 1 is 0.892 bits per heavy atom. The van der Waals surface area contributed by atoms with Crippen LogP contribution in [-0.2, 0) is 7.05 Å². The number of anilines is 1. The normalized spacial score (nSPS) is 18.4. The van der Waals surface area contributed by atoms with Crippen LogP contribution in [0.4, 0.5) is 5.82 Å². The molecule has 188 valence electrons. The molecule has 1 aliphatic rings. The molecule has 2 aromatic heterocycles. The number of nitrogens with zero attached hydrogens (tertiary/aromatic N) is 6. The van der Waals surface area contributed by atoms with E-state index in [1.54, 1.807) is 19.2 Å². The molecule has 7 nitrogen and oxygen atoms in total. The molecule has 1 saturated heterocycles. The van der Waals surface area contributed by atoms with E-state index in [4.69, 9.17) is 23.2 Å². The molecule has 3 heterocycles. The Morgan fingerprint density at radius 2 is 1.49 bits per heavy atom. The largest absolute Gasteiger partial charge is 0.349 e. The van der Waals surface area contributed by atoms with E-state index in [2.05, 4.69) is 63.9 Å². The molecule has 0 unspecified atom stereocenters. The van der Waals surface area contributed by atoms with Crippen molar-refractivity contribution in [1.29, 1.82) is 5.26 Å². The Kier molecular flexibility index (Phi) is 6.91. The summed E-state index contributed by atoms with van der Waals surface area (Å²) in [4.78, 5) is 26.3. The first-order valence-electron chi connectivity index (χ1n) is 12.1. The van der Waals surface area contributed by atoms with Gasteiger partial charge in [-0.15, -0.1) is 0 Å². The smallest absolute Gasteiger partial charge is 0.349 e. The van der Waals surface area contributed by atoms with Crippen LogP contribution >= 0.6 is 23.2 Å². The molecular weight excluding hydrogens is 507 g/mol. The fourth-order valence-corrected chi connectivity index (χ4v) is 5.40. The highest BCUT2D eigenvalue weighted by Crippen LogP contribution is 2.36. The average Bonchev–Trinajstić information content (AvgIpc) is 2.90. The first-order chi connectivity index (χ1) is 17.8. The fraction of sp³-hybridized carbons (Fsp3) is 0.286. The first-order valence-corrected chi connectivity index (χ1v) is 12.8. The molecule has 9 heteroatoms. The lowest BCUT2D eigenvalue weighted by Crippen LogP contribution is -2.58. The van der Waals surface area contributed by atoms with Crippen molar-refractivity contribution in [1.82, 2.24) is 19.4 Å². The molecule has 2 aromatic carbocycles. The number of piperazine rings is 1. The maximum Gasteiger partial charge on any atom is 0.349 e. The predicted molar refractivity (Wildman–Crippen MR) is 147 cm³/mol. The second-order valence-electron chi connectivity index (χ2n) is 9.51. The van der Waals surface area contributed by atoms with E-state index in [-0.39, 0.29) is 23.8 Å². The highest BCUT2D eigenvalue weighted by Gasteiger charge is 2.36. The van der Waals surface area contributed by atoms with E-state index in [0.29, 0.717) is 45.7 Å². The van der Waals surface area contributed by atoms with Gasteiger partial charge >= 0.3 is 5.69 Å². The quantitative estimate of drug-likeness (QED) is 0.359. The van der Waals surface area contributed by atoms with Crippen LogP contribution in [0.25, 0.3) is 11.0 Å². The minimum Gasteiger partial charge on any atom is -0.349 e. The molecule has 0 spiro atoms. The number of benzene rings is 2.